The maximum absolute atomic E-state index is 12.1. The lowest BCUT2D eigenvalue weighted by Gasteiger charge is -2.20. The fourth-order valence-electron chi connectivity index (χ4n) is 2.54. The number of carbonyl (C=O) groups is 2. The number of carboxylic acid groups (broad SMARTS) is 1. The molecule has 2 heterocycles. The van der Waals surface area contributed by atoms with E-state index in [0.717, 1.165) is 11.4 Å². The smallest absolute Gasteiger partial charge is 0.311 e. The molecule has 7 heteroatoms. The first-order valence-corrected chi connectivity index (χ1v) is 6.89. The largest absolute Gasteiger partial charge is 0.481 e. The Kier molecular flexibility index (Phi) is 3.93. The molecule has 1 fully saturated rings. The average Bonchev–Trinajstić information content (AvgIpc) is 2.91. The molecular formula is C14H21N3O4. The standard InChI is InChI=1S/C14H21N3O4/c1-9-12(10(2)16(4)15-9)21-7-11(18)17-6-5-14(3,8-17)13(19)20/h5-8H2,1-4H3,(H,19,20). The van der Waals surface area contributed by atoms with Gasteiger partial charge in [-0.25, -0.2) is 0 Å². The fraction of sp³-hybridized carbons (Fsp3) is 0.643. The Hall–Kier alpha value is -2.05. The fourth-order valence-corrected chi connectivity index (χ4v) is 2.54. The van der Waals surface area contributed by atoms with Gasteiger partial charge in [0.05, 0.1) is 11.1 Å². The summed E-state index contributed by atoms with van der Waals surface area (Å²) in [6, 6.07) is 0. The molecule has 0 aliphatic carbocycles. The van der Waals surface area contributed by atoms with Crippen molar-refractivity contribution in [3.05, 3.63) is 11.4 Å². The molecule has 0 bridgehead atoms. The molecule has 1 aromatic heterocycles. The molecule has 2 rings (SSSR count). The first-order chi connectivity index (χ1) is 9.74. The minimum Gasteiger partial charge on any atom is -0.481 e. The summed E-state index contributed by atoms with van der Waals surface area (Å²) in [7, 11) is 1.82. The molecule has 1 aliphatic heterocycles. The van der Waals surface area contributed by atoms with Gasteiger partial charge in [-0.15, -0.1) is 0 Å². The molecule has 1 atom stereocenters. The van der Waals surface area contributed by atoms with Gasteiger partial charge in [-0.3, -0.25) is 14.3 Å². The van der Waals surface area contributed by atoms with Crippen LogP contribution in [0, 0.1) is 19.3 Å². The lowest BCUT2D eigenvalue weighted by Crippen LogP contribution is -2.37. The summed E-state index contributed by atoms with van der Waals surface area (Å²) >= 11 is 0. The van der Waals surface area contributed by atoms with Crippen LogP contribution in [0.15, 0.2) is 0 Å². The predicted molar refractivity (Wildman–Crippen MR) is 75.1 cm³/mol. The van der Waals surface area contributed by atoms with Crippen molar-refractivity contribution >= 4 is 11.9 Å². The van der Waals surface area contributed by atoms with E-state index >= 15 is 0 Å². The van der Waals surface area contributed by atoms with Crippen LogP contribution in [0.4, 0.5) is 0 Å². The molecule has 0 radical (unpaired) electrons. The summed E-state index contributed by atoms with van der Waals surface area (Å²) in [6.07, 6.45) is 0.471. The number of aromatic nitrogens is 2. The number of aliphatic carboxylic acids is 1. The van der Waals surface area contributed by atoms with E-state index in [9.17, 15) is 14.7 Å². The summed E-state index contributed by atoms with van der Waals surface area (Å²) in [4.78, 5) is 24.9. The quantitative estimate of drug-likeness (QED) is 0.885. The molecule has 0 aromatic carbocycles. The van der Waals surface area contributed by atoms with Crippen molar-refractivity contribution in [3.63, 3.8) is 0 Å². The highest BCUT2D eigenvalue weighted by molar-refractivity contribution is 5.81. The van der Waals surface area contributed by atoms with Crippen LogP contribution in [0.2, 0.25) is 0 Å². The summed E-state index contributed by atoms with van der Waals surface area (Å²) in [5.74, 6) is -0.439. The summed E-state index contributed by atoms with van der Waals surface area (Å²) in [5, 5.41) is 13.4. The van der Waals surface area contributed by atoms with Gasteiger partial charge >= 0.3 is 5.97 Å². The van der Waals surface area contributed by atoms with Crippen molar-refractivity contribution in [2.24, 2.45) is 12.5 Å². The zero-order valence-corrected chi connectivity index (χ0v) is 12.8. The van der Waals surface area contributed by atoms with Crippen LogP contribution < -0.4 is 4.74 Å². The van der Waals surface area contributed by atoms with Crippen molar-refractivity contribution in [3.8, 4) is 5.75 Å². The van der Waals surface area contributed by atoms with Crippen molar-refractivity contribution in [1.82, 2.24) is 14.7 Å². The number of ether oxygens (including phenoxy) is 1. The van der Waals surface area contributed by atoms with Crippen LogP contribution in [0.1, 0.15) is 24.7 Å². The molecule has 1 aliphatic rings. The summed E-state index contributed by atoms with van der Waals surface area (Å²) in [5.41, 5.74) is 0.743. The van der Waals surface area contributed by atoms with Gasteiger partial charge in [0, 0.05) is 20.1 Å². The number of hydrogen-bond acceptors (Lipinski definition) is 4. The molecule has 1 amide bonds. The van der Waals surface area contributed by atoms with Gasteiger partial charge in [-0.2, -0.15) is 5.10 Å². The van der Waals surface area contributed by atoms with E-state index in [-0.39, 0.29) is 19.1 Å². The van der Waals surface area contributed by atoms with Crippen molar-refractivity contribution < 1.29 is 19.4 Å². The zero-order chi connectivity index (χ0) is 15.8. The van der Waals surface area contributed by atoms with Gasteiger partial charge in [0.15, 0.2) is 12.4 Å². The second kappa shape index (κ2) is 5.38. The van der Waals surface area contributed by atoms with Crippen molar-refractivity contribution in [2.45, 2.75) is 27.2 Å². The van der Waals surface area contributed by atoms with E-state index < -0.39 is 11.4 Å². The van der Waals surface area contributed by atoms with Crippen LogP contribution >= 0.6 is 0 Å². The number of nitrogens with zero attached hydrogens (tertiary/aromatic N) is 3. The zero-order valence-electron chi connectivity index (χ0n) is 12.8. The maximum Gasteiger partial charge on any atom is 0.311 e. The maximum atomic E-state index is 12.1. The number of amides is 1. The molecule has 0 saturated carbocycles. The number of aryl methyl sites for hydroxylation is 2. The molecular weight excluding hydrogens is 274 g/mol. The summed E-state index contributed by atoms with van der Waals surface area (Å²) < 4.78 is 7.27. The van der Waals surface area contributed by atoms with Crippen molar-refractivity contribution in [1.29, 1.82) is 0 Å². The van der Waals surface area contributed by atoms with Crippen LogP contribution in [0.25, 0.3) is 0 Å². The van der Waals surface area contributed by atoms with Crippen LogP contribution in [-0.2, 0) is 16.6 Å². The molecule has 1 aromatic rings. The van der Waals surface area contributed by atoms with E-state index in [4.69, 9.17) is 4.74 Å². The minimum atomic E-state index is -0.863. The molecule has 116 valence electrons. The van der Waals surface area contributed by atoms with Crippen LogP contribution in [-0.4, -0.2) is 51.4 Å². The summed E-state index contributed by atoms with van der Waals surface area (Å²) in [6.45, 7) is 5.95. The number of rotatable bonds is 4. The molecule has 0 spiro atoms. The Labute approximate surface area is 123 Å². The van der Waals surface area contributed by atoms with E-state index in [1.54, 1.807) is 16.5 Å². The predicted octanol–water partition coefficient (Wildman–Crippen LogP) is 0.739. The van der Waals surface area contributed by atoms with Crippen molar-refractivity contribution in [2.75, 3.05) is 19.7 Å². The van der Waals surface area contributed by atoms with E-state index in [0.29, 0.717) is 18.7 Å². The van der Waals surface area contributed by atoms with Gasteiger partial charge in [-0.1, -0.05) is 0 Å². The lowest BCUT2D eigenvalue weighted by molar-refractivity contribution is -0.147. The third kappa shape index (κ3) is 2.86. The first kappa shape index (κ1) is 15.3. The van der Waals surface area contributed by atoms with Gasteiger partial charge in [0.2, 0.25) is 0 Å². The Balaban J connectivity index is 1.96. The second-order valence-electron chi connectivity index (χ2n) is 5.84. The van der Waals surface area contributed by atoms with E-state index in [1.165, 1.54) is 0 Å². The topological polar surface area (TPSA) is 84.7 Å². The number of carbonyl (C=O) groups excluding carboxylic acids is 1. The Bertz CT molecular complexity index is 581. The van der Waals surface area contributed by atoms with Gasteiger partial charge in [0.1, 0.15) is 5.69 Å². The molecule has 21 heavy (non-hydrogen) atoms. The van der Waals surface area contributed by atoms with Crippen LogP contribution in [0.3, 0.4) is 0 Å². The normalized spacial score (nSPS) is 21.6. The molecule has 7 nitrogen and oxygen atoms in total. The van der Waals surface area contributed by atoms with Gasteiger partial charge in [0.25, 0.3) is 5.91 Å². The molecule has 1 saturated heterocycles. The first-order valence-electron chi connectivity index (χ1n) is 6.89. The lowest BCUT2D eigenvalue weighted by atomic mass is 9.90. The highest BCUT2D eigenvalue weighted by Crippen LogP contribution is 2.30. The van der Waals surface area contributed by atoms with E-state index in [1.807, 2.05) is 20.9 Å². The monoisotopic (exact) mass is 295 g/mol. The third-order valence-electron chi connectivity index (χ3n) is 4.12. The van der Waals surface area contributed by atoms with Crippen LogP contribution in [0.5, 0.6) is 5.75 Å². The van der Waals surface area contributed by atoms with Gasteiger partial charge < -0.3 is 14.7 Å². The Morgan fingerprint density at radius 1 is 1.43 bits per heavy atom. The Morgan fingerprint density at radius 3 is 2.57 bits per heavy atom. The third-order valence-corrected chi connectivity index (χ3v) is 4.12. The Morgan fingerprint density at radius 2 is 2.10 bits per heavy atom. The number of carboxylic acids is 1. The molecule has 1 unspecified atom stereocenters. The second-order valence-corrected chi connectivity index (χ2v) is 5.84. The SMILES string of the molecule is Cc1nn(C)c(C)c1OCC(=O)N1CCC(C)(C(=O)O)C1. The van der Waals surface area contributed by atoms with E-state index in [2.05, 4.69) is 5.10 Å². The van der Waals surface area contributed by atoms with Gasteiger partial charge in [-0.05, 0) is 27.2 Å². The minimum absolute atomic E-state index is 0.0942. The average molecular weight is 295 g/mol. The molecule has 1 N–H and O–H groups in total. The highest BCUT2D eigenvalue weighted by Gasteiger charge is 2.42. The number of hydrogen-bond donors (Lipinski definition) is 1. The number of likely N-dealkylation sites (tertiary alicyclic amines) is 1. The highest BCUT2D eigenvalue weighted by atomic mass is 16.5.